The summed E-state index contributed by atoms with van der Waals surface area (Å²) in [5.74, 6) is 0.540. The van der Waals surface area contributed by atoms with Gasteiger partial charge in [-0.2, -0.15) is 0 Å². The molecule has 0 unspecified atom stereocenters. The van der Waals surface area contributed by atoms with Gasteiger partial charge in [0.15, 0.2) is 0 Å². The van der Waals surface area contributed by atoms with E-state index >= 15 is 0 Å². The highest BCUT2D eigenvalue weighted by Gasteiger charge is 2.23. The Morgan fingerprint density at radius 3 is 2.45 bits per heavy atom. The highest BCUT2D eigenvalue weighted by Crippen LogP contribution is 2.25. The Labute approximate surface area is 171 Å². The Morgan fingerprint density at radius 1 is 0.966 bits per heavy atom. The van der Waals surface area contributed by atoms with Crippen molar-refractivity contribution in [2.24, 2.45) is 0 Å². The zero-order valence-electron chi connectivity index (χ0n) is 16.4. The van der Waals surface area contributed by atoms with E-state index in [0.29, 0.717) is 17.3 Å². The Morgan fingerprint density at radius 2 is 1.72 bits per heavy atom. The van der Waals surface area contributed by atoms with Gasteiger partial charge in [-0.15, -0.1) is 0 Å². The molecular formula is C24H26N2O3. The maximum absolute atomic E-state index is 12.2. The molecule has 2 saturated carbocycles. The maximum Gasteiger partial charge on any atom is 0.251 e. The van der Waals surface area contributed by atoms with E-state index in [-0.39, 0.29) is 17.9 Å². The van der Waals surface area contributed by atoms with Crippen molar-refractivity contribution in [3.8, 4) is 5.75 Å². The first-order chi connectivity index (χ1) is 14.2. The van der Waals surface area contributed by atoms with E-state index in [2.05, 4.69) is 10.6 Å². The molecule has 150 valence electrons. The summed E-state index contributed by atoms with van der Waals surface area (Å²) in [6.45, 7) is 0. The van der Waals surface area contributed by atoms with E-state index in [1.807, 2.05) is 36.4 Å². The average Bonchev–Trinajstić information content (AvgIpc) is 3.39. The normalized spacial score (nSPS) is 16.7. The number of ether oxygens (including phenoxy) is 1. The summed E-state index contributed by atoms with van der Waals surface area (Å²) in [5.41, 5.74) is 2.21. The van der Waals surface area contributed by atoms with E-state index in [1.54, 1.807) is 18.2 Å². The van der Waals surface area contributed by atoms with Crippen LogP contribution in [0.3, 0.4) is 0 Å². The molecule has 5 heteroatoms. The Hall–Kier alpha value is -3.08. The third-order valence-corrected chi connectivity index (χ3v) is 5.22. The van der Waals surface area contributed by atoms with Crippen LogP contribution in [-0.2, 0) is 4.79 Å². The van der Waals surface area contributed by atoms with Crippen LogP contribution in [0.5, 0.6) is 5.75 Å². The first-order valence-electron chi connectivity index (χ1n) is 10.3. The van der Waals surface area contributed by atoms with Gasteiger partial charge in [0.25, 0.3) is 5.91 Å². The summed E-state index contributed by atoms with van der Waals surface area (Å²) in [6.07, 6.45) is 10.3. The largest absolute Gasteiger partial charge is 0.490 e. The van der Waals surface area contributed by atoms with Gasteiger partial charge in [-0.3, -0.25) is 9.59 Å². The lowest BCUT2D eigenvalue weighted by Gasteiger charge is -2.13. The fourth-order valence-corrected chi connectivity index (χ4v) is 3.44. The molecule has 2 aromatic rings. The molecule has 0 atom stereocenters. The van der Waals surface area contributed by atoms with Crippen molar-refractivity contribution in [3.05, 3.63) is 65.7 Å². The molecule has 29 heavy (non-hydrogen) atoms. The summed E-state index contributed by atoms with van der Waals surface area (Å²) in [4.78, 5) is 24.3. The van der Waals surface area contributed by atoms with Gasteiger partial charge >= 0.3 is 0 Å². The Bertz CT molecular complexity index is 895. The van der Waals surface area contributed by atoms with E-state index < -0.39 is 0 Å². The molecule has 0 aliphatic heterocycles. The minimum Gasteiger partial charge on any atom is -0.490 e. The van der Waals surface area contributed by atoms with Crippen molar-refractivity contribution in [2.75, 3.05) is 5.32 Å². The van der Waals surface area contributed by atoms with Crippen LogP contribution < -0.4 is 15.4 Å². The number of amides is 2. The molecule has 0 heterocycles. The van der Waals surface area contributed by atoms with Gasteiger partial charge in [-0.1, -0.05) is 18.2 Å². The smallest absolute Gasteiger partial charge is 0.251 e. The Kier molecular flexibility index (Phi) is 5.94. The van der Waals surface area contributed by atoms with E-state index in [1.165, 1.54) is 18.9 Å². The van der Waals surface area contributed by atoms with Crippen molar-refractivity contribution in [1.29, 1.82) is 0 Å². The molecule has 0 bridgehead atoms. The Balaban J connectivity index is 1.30. The van der Waals surface area contributed by atoms with Crippen molar-refractivity contribution in [1.82, 2.24) is 5.32 Å². The molecule has 2 aromatic carbocycles. The lowest BCUT2D eigenvalue weighted by molar-refractivity contribution is -0.111. The summed E-state index contributed by atoms with van der Waals surface area (Å²) in [6, 6.07) is 15.1. The predicted octanol–water partition coefficient (Wildman–Crippen LogP) is 4.55. The molecule has 0 radical (unpaired) electrons. The number of rotatable bonds is 7. The van der Waals surface area contributed by atoms with Crippen LogP contribution in [0.15, 0.2) is 54.6 Å². The average molecular weight is 390 g/mol. The molecule has 0 spiro atoms. The lowest BCUT2D eigenvalue weighted by atomic mass is 10.1. The fourth-order valence-electron chi connectivity index (χ4n) is 3.44. The third-order valence-electron chi connectivity index (χ3n) is 5.22. The van der Waals surface area contributed by atoms with E-state index in [4.69, 9.17) is 4.74 Å². The van der Waals surface area contributed by atoms with Crippen molar-refractivity contribution in [3.63, 3.8) is 0 Å². The van der Waals surface area contributed by atoms with Crippen molar-refractivity contribution < 1.29 is 14.3 Å². The number of hydrogen-bond donors (Lipinski definition) is 2. The molecule has 0 aromatic heterocycles. The molecule has 2 aliphatic rings. The number of hydrogen-bond acceptors (Lipinski definition) is 3. The van der Waals surface area contributed by atoms with E-state index in [0.717, 1.165) is 37.0 Å². The minimum absolute atomic E-state index is 0.0412. The molecular weight excluding hydrogens is 364 g/mol. The highest BCUT2D eigenvalue weighted by atomic mass is 16.5. The van der Waals surface area contributed by atoms with Crippen LogP contribution in [0, 0.1) is 0 Å². The van der Waals surface area contributed by atoms with Gasteiger partial charge < -0.3 is 15.4 Å². The van der Waals surface area contributed by atoms with Crippen LogP contribution in [-0.4, -0.2) is 24.0 Å². The second-order valence-corrected chi connectivity index (χ2v) is 7.74. The first-order valence-corrected chi connectivity index (χ1v) is 10.3. The van der Waals surface area contributed by atoms with Gasteiger partial charge in [0.1, 0.15) is 5.75 Å². The van der Waals surface area contributed by atoms with Crippen LogP contribution in [0.1, 0.15) is 54.4 Å². The zero-order valence-corrected chi connectivity index (χ0v) is 16.4. The molecule has 2 amide bonds. The van der Waals surface area contributed by atoms with Gasteiger partial charge in [-0.05, 0) is 74.4 Å². The van der Waals surface area contributed by atoms with Crippen LogP contribution in [0.25, 0.3) is 6.08 Å². The second-order valence-electron chi connectivity index (χ2n) is 7.74. The summed E-state index contributed by atoms with van der Waals surface area (Å²) in [7, 11) is 0. The number of carbonyl (C=O) groups excluding carboxylic acids is 2. The molecule has 2 aliphatic carbocycles. The summed E-state index contributed by atoms with van der Waals surface area (Å²) >= 11 is 0. The topological polar surface area (TPSA) is 67.4 Å². The maximum atomic E-state index is 12.2. The number of anilines is 1. The molecule has 5 nitrogen and oxygen atoms in total. The quantitative estimate of drug-likeness (QED) is 0.682. The second kappa shape index (κ2) is 8.95. The highest BCUT2D eigenvalue weighted by molar-refractivity contribution is 6.02. The SMILES string of the molecule is O=C(C=Cc1ccc(C(=O)NC2CC2)cc1)Nc1cccc(OC2CCCC2)c1. The summed E-state index contributed by atoms with van der Waals surface area (Å²) in [5, 5.41) is 5.83. The van der Waals surface area contributed by atoms with Gasteiger partial charge in [-0.25, -0.2) is 0 Å². The van der Waals surface area contributed by atoms with E-state index in [9.17, 15) is 9.59 Å². The monoisotopic (exact) mass is 390 g/mol. The minimum atomic E-state index is -0.210. The van der Waals surface area contributed by atoms with Gasteiger partial charge in [0.05, 0.1) is 6.10 Å². The number of benzene rings is 2. The molecule has 4 rings (SSSR count). The molecule has 2 N–H and O–H groups in total. The number of nitrogens with one attached hydrogen (secondary N) is 2. The van der Waals surface area contributed by atoms with Gasteiger partial charge in [0.2, 0.25) is 5.91 Å². The standard InChI is InChI=1S/C24H26N2O3/c27-23(25-20-4-3-7-22(16-20)29-21-5-1-2-6-21)15-10-17-8-11-18(12-9-17)24(28)26-19-13-14-19/h3-4,7-12,15-16,19,21H,1-2,5-6,13-14H2,(H,25,27)(H,26,28). The predicted molar refractivity (Wildman–Crippen MR) is 114 cm³/mol. The lowest BCUT2D eigenvalue weighted by Crippen LogP contribution is -2.25. The van der Waals surface area contributed by atoms with Gasteiger partial charge in [0, 0.05) is 29.4 Å². The third kappa shape index (κ3) is 5.70. The number of carbonyl (C=O) groups is 2. The molecule has 2 fully saturated rings. The van der Waals surface area contributed by atoms with Crippen molar-refractivity contribution in [2.45, 2.75) is 50.7 Å². The van der Waals surface area contributed by atoms with Crippen LogP contribution in [0.4, 0.5) is 5.69 Å². The first kappa shape index (κ1) is 19.2. The van der Waals surface area contributed by atoms with Crippen molar-refractivity contribution >= 4 is 23.6 Å². The summed E-state index contributed by atoms with van der Waals surface area (Å²) < 4.78 is 5.98. The fraction of sp³-hybridized carbons (Fsp3) is 0.333. The zero-order chi connectivity index (χ0) is 20.1. The molecule has 0 saturated heterocycles. The van der Waals surface area contributed by atoms with Crippen LogP contribution >= 0.6 is 0 Å². The van der Waals surface area contributed by atoms with Crippen LogP contribution in [0.2, 0.25) is 0 Å².